The molecule has 1 atom stereocenters. The lowest BCUT2D eigenvalue weighted by Crippen LogP contribution is -2.41. The molecular formula is C38H32BN3O2. The SMILES string of the molecule is CC1(C)OB(c2ccc3c(c2)-c2ccccc2C3(c2ccccc2)c2nc(-c3ccccc3)c3cnccc3n2)OC1(C)C. The smallest absolute Gasteiger partial charge is 0.399 e. The zero-order valence-corrected chi connectivity index (χ0v) is 25.3. The van der Waals surface area contributed by atoms with Crippen molar-refractivity contribution in [2.24, 2.45) is 0 Å². The van der Waals surface area contributed by atoms with Crippen molar-refractivity contribution < 1.29 is 9.31 Å². The van der Waals surface area contributed by atoms with Crippen molar-refractivity contribution in [3.8, 4) is 22.4 Å². The summed E-state index contributed by atoms with van der Waals surface area (Å²) >= 11 is 0. The van der Waals surface area contributed by atoms with Crippen LogP contribution in [0.25, 0.3) is 33.3 Å². The fourth-order valence-electron chi connectivity index (χ4n) is 6.75. The first-order valence-corrected chi connectivity index (χ1v) is 15.1. The Morgan fingerprint density at radius 1 is 0.636 bits per heavy atom. The summed E-state index contributed by atoms with van der Waals surface area (Å²) < 4.78 is 13.0. The van der Waals surface area contributed by atoms with E-state index in [1.54, 1.807) is 6.20 Å². The summed E-state index contributed by atoms with van der Waals surface area (Å²) in [6, 6.07) is 38.2. The molecular weight excluding hydrogens is 541 g/mol. The molecule has 8 rings (SSSR count). The zero-order chi connectivity index (χ0) is 30.1. The molecule has 0 N–H and O–H groups in total. The third-order valence-electron chi connectivity index (χ3n) is 9.68. The number of pyridine rings is 1. The Bertz CT molecular complexity index is 2030. The molecule has 1 unspecified atom stereocenters. The summed E-state index contributed by atoms with van der Waals surface area (Å²) in [5.74, 6) is 0.732. The molecule has 3 heterocycles. The van der Waals surface area contributed by atoms with Crippen molar-refractivity contribution in [2.75, 3.05) is 0 Å². The van der Waals surface area contributed by atoms with Gasteiger partial charge in [-0.1, -0.05) is 103 Å². The summed E-state index contributed by atoms with van der Waals surface area (Å²) in [4.78, 5) is 15.2. The van der Waals surface area contributed by atoms with Crippen LogP contribution in [-0.2, 0) is 14.7 Å². The van der Waals surface area contributed by atoms with Gasteiger partial charge in [0.25, 0.3) is 0 Å². The lowest BCUT2D eigenvalue weighted by molar-refractivity contribution is 0.00578. The van der Waals surface area contributed by atoms with Crippen molar-refractivity contribution in [3.63, 3.8) is 0 Å². The Morgan fingerprint density at radius 3 is 2.05 bits per heavy atom. The van der Waals surface area contributed by atoms with Crippen LogP contribution in [0.3, 0.4) is 0 Å². The van der Waals surface area contributed by atoms with Gasteiger partial charge in [0, 0.05) is 23.3 Å². The first kappa shape index (κ1) is 26.9. The highest BCUT2D eigenvalue weighted by Crippen LogP contribution is 2.55. The third kappa shape index (κ3) is 3.84. The average molecular weight is 574 g/mol. The van der Waals surface area contributed by atoms with E-state index >= 15 is 0 Å². The fourth-order valence-corrected chi connectivity index (χ4v) is 6.75. The summed E-state index contributed by atoms with van der Waals surface area (Å²) in [5, 5.41) is 0.924. The van der Waals surface area contributed by atoms with E-state index in [-0.39, 0.29) is 0 Å². The Labute approximate surface area is 258 Å². The predicted molar refractivity (Wildman–Crippen MR) is 176 cm³/mol. The molecule has 1 aliphatic carbocycles. The van der Waals surface area contributed by atoms with Gasteiger partial charge in [0.05, 0.1) is 22.4 Å². The Balaban J connectivity index is 1.43. The molecule has 0 bridgehead atoms. The molecule has 1 saturated heterocycles. The van der Waals surface area contributed by atoms with E-state index < -0.39 is 23.7 Å². The predicted octanol–water partition coefficient (Wildman–Crippen LogP) is 7.35. The number of benzene rings is 4. The molecule has 1 fully saturated rings. The fraction of sp³-hybridized carbons (Fsp3) is 0.184. The van der Waals surface area contributed by atoms with Gasteiger partial charge in [0.1, 0.15) is 11.2 Å². The highest BCUT2D eigenvalue weighted by Gasteiger charge is 2.53. The van der Waals surface area contributed by atoms with Crippen LogP contribution in [0.5, 0.6) is 0 Å². The van der Waals surface area contributed by atoms with Crippen LogP contribution in [0, 0.1) is 0 Å². The average Bonchev–Trinajstić information content (AvgIpc) is 3.47. The number of nitrogens with zero attached hydrogens (tertiary/aromatic N) is 3. The number of hydrogen-bond acceptors (Lipinski definition) is 5. The maximum absolute atomic E-state index is 6.48. The molecule has 0 saturated carbocycles. The molecule has 0 radical (unpaired) electrons. The van der Waals surface area contributed by atoms with Gasteiger partial charge in [0.2, 0.25) is 0 Å². The molecule has 2 aliphatic rings. The molecule has 2 aromatic heterocycles. The van der Waals surface area contributed by atoms with E-state index in [1.807, 2.05) is 30.5 Å². The van der Waals surface area contributed by atoms with Crippen molar-refractivity contribution in [1.82, 2.24) is 15.0 Å². The van der Waals surface area contributed by atoms with Crippen molar-refractivity contribution in [2.45, 2.75) is 44.3 Å². The lowest BCUT2D eigenvalue weighted by atomic mass is 9.70. The highest BCUT2D eigenvalue weighted by molar-refractivity contribution is 6.62. The standard InChI is InChI=1S/C38H32BN3O2/c1-36(2)37(3,4)44-39(43-36)27-19-20-32-29(23-27)28-17-11-12-18-31(28)38(32,26-15-9-6-10-16-26)35-41-33-21-22-40-24-30(33)34(42-35)25-13-7-5-8-14-25/h5-24H,1-4H3. The van der Waals surface area contributed by atoms with E-state index in [1.165, 1.54) is 0 Å². The Morgan fingerprint density at radius 2 is 1.30 bits per heavy atom. The van der Waals surface area contributed by atoms with Crippen LogP contribution in [0.15, 0.2) is 122 Å². The van der Waals surface area contributed by atoms with Crippen LogP contribution in [0.4, 0.5) is 0 Å². The van der Waals surface area contributed by atoms with Gasteiger partial charge in [-0.2, -0.15) is 0 Å². The second-order valence-corrected chi connectivity index (χ2v) is 12.7. The van der Waals surface area contributed by atoms with Gasteiger partial charge in [-0.3, -0.25) is 4.98 Å². The van der Waals surface area contributed by atoms with Gasteiger partial charge in [-0.05, 0) is 67.0 Å². The molecule has 6 heteroatoms. The molecule has 214 valence electrons. The number of aromatic nitrogens is 3. The summed E-state index contributed by atoms with van der Waals surface area (Å²) in [6.45, 7) is 8.36. The van der Waals surface area contributed by atoms with Crippen molar-refractivity contribution >= 4 is 23.5 Å². The zero-order valence-electron chi connectivity index (χ0n) is 25.3. The Kier molecular flexibility index (Phi) is 5.93. The molecule has 4 aromatic carbocycles. The van der Waals surface area contributed by atoms with Gasteiger partial charge >= 0.3 is 7.12 Å². The topological polar surface area (TPSA) is 57.1 Å². The van der Waals surface area contributed by atoms with E-state index in [2.05, 4.69) is 118 Å². The summed E-state index contributed by atoms with van der Waals surface area (Å²) in [7, 11) is -0.460. The van der Waals surface area contributed by atoms with Crippen molar-refractivity contribution in [1.29, 1.82) is 0 Å². The lowest BCUT2D eigenvalue weighted by Gasteiger charge is -2.32. The van der Waals surface area contributed by atoms with E-state index in [0.29, 0.717) is 0 Å². The minimum atomic E-state index is -0.747. The van der Waals surface area contributed by atoms with Crippen LogP contribution in [0.1, 0.15) is 50.2 Å². The van der Waals surface area contributed by atoms with Gasteiger partial charge in [-0.25, -0.2) is 9.97 Å². The Hall–Kier alpha value is -4.65. The van der Waals surface area contributed by atoms with Crippen molar-refractivity contribution in [3.05, 3.63) is 144 Å². The van der Waals surface area contributed by atoms with Gasteiger partial charge in [-0.15, -0.1) is 0 Å². The van der Waals surface area contributed by atoms with Gasteiger partial charge in [0.15, 0.2) is 0 Å². The van der Waals surface area contributed by atoms with E-state index in [9.17, 15) is 0 Å². The summed E-state index contributed by atoms with van der Waals surface area (Å²) in [5.41, 5.74) is 7.85. The van der Waals surface area contributed by atoms with E-state index in [0.717, 1.165) is 61.3 Å². The molecule has 1 aliphatic heterocycles. The summed E-state index contributed by atoms with van der Waals surface area (Å²) in [6.07, 6.45) is 3.67. The quantitative estimate of drug-likeness (QED) is 0.206. The maximum Gasteiger partial charge on any atom is 0.494 e. The largest absolute Gasteiger partial charge is 0.494 e. The second kappa shape index (κ2) is 9.68. The first-order valence-electron chi connectivity index (χ1n) is 15.1. The van der Waals surface area contributed by atoms with Crippen LogP contribution in [0.2, 0.25) is 0 Å². The number of hydrogen-bond donors (Lipinski definition) is 0. The van der Waals surface area contributed by atoms with Crippen LogP contribution >= 0.6 is 0 Å². The maximum atomic E-state index is 6.48. The van der Waals surface area contributed by atoms with Crippen LogP contribution < -0.4 is 5.46 Å². The molecule has 0 spiro atoms. The molecule has 0 amide bonds. The second-order valence-electron chi connectivity index (χ2n) is 12.7. The minimum Gasteiger partial charge on any atom is -0.399 e. The first-order chi connectivity index (χ1) is 21.3. The van der Waals surface area contributed by atoms with Gasteiger partial charge < -0.3 is 9.31 Å². The van der Waals surface area contributed by atoms with Crippen LogP contribution in [-0.4, -0.2) is 33.3 Å². The number of rotatable bonds is 4. The monoisotopic (exact) mass is 573 g/mol. The number of fused-ring (bicyclic) bond motifs is 4. The van der Waals surface area contributed by atoms with E-state index in [4.69, 9.17) is 19.3 Å². The molecule has 6 aromatic rings. The third-order valence-corrected chi connectivity index (χ3v) is 9.68. The molecule has 44 heavy (non-hydrogen) atoms. The normalized spacial score (nSPS) is 19.6. The molecule has 5 nitrogen and oxygen atoms in total. The minimum absolute atomic E-state index is 0.427. The highest BCUT2D eigenvalue weighted by atomic mass is 16.7.